The minimum absolute atomic E-state index is 0.0158. The molecule has 6 nitrogen and oxygen atoms in total. The molecule has 0 radical (unpaired) electrons. The molecule has 0 amide bonds. The molecule has 0 fully saturated rings. The topological polar surface area (TPSA) is 103 Å². The van der Waals surface area contributed by atoms with Crippen LogP contribution in [0.5, 0.6) is 5.75 Å². The second-order valence-corrected chi connectivity index (χ2v) is 5.92. The van der Waals surface area contributed by atoms with E-state index in [-0.39, 0.29) is 11.4 Å². The zero-order valence-electron chi connectivity index (χ0n) is 14.5. The Balaban J connectivity index is 1.90. The van der Waals surface area contributed by atoms with Crippen molar-refractivity contribution in [3.05, 3.63) is 70.9 Å². The number of nitriles is 1. The van der Waals surface area contributed by atoms with Crippen molar-refractivity contribution in [1.29, 1.82) is 5.26 Å². The molecule has 3 rings (SSSR count). The number of carbonyl (C=O) groups is 2. The summed E-state index contributed by atoms with van der Waals surface area (Å²) in [6, 6.07) is 15.9. The molecule has 27 heavy (non-hydrogen) atoms. The zero-order chi connectivity index (χ0) is 19.4. The molecule has 2 N–H and O–H groups in total. The van der Waals surface area contributed by atoms with Gasteiger partial charge in [-0.3, -0.25) is 4.79 Å². The third-order valence-corrected chi connectivity index (χ3v) is 4.04. The number of ether oxygens (including phenoxy) is 1. The van der Waals surface area contributed by atoms with E-state index in [4.69, 9.17) is 9.84 Å². The molecule has 6 heteroatoms. The second kappa shape index (κ2) is 7.58. The van der Waals surface area contributed by atoms with Gasteiger partial charge in [-0.15, -0.1) is 0 Å². The Morgan fingerprint density at radius 3 is 2.56 bits per heavy atom. The molecule has 0 saturated carbocycles. The number of benzene rings is 2. The van der Waals surface area contributed by atoms with Gasteiger partial charge in [-0.1, -0.05) is 30.3 Å². The molecule has 0 bridgehead atoms. The summed E-state index contributed by atoms with van der Waals surface area (Å²) in [6.45, 7) is 1.37. The van der Waals surface area contributed by atoms with Crippen LogP contribution >= 0.6 is 0 Å². The van der Waals surface area contributed by atoms with Crippen LogP contribution in [0.25, 0.3) is 17.0 Å². The summed E-state index contributed by atoms with van der Waals surface area (Å²) in [4.78, 5) is 26.6. The molecular formula is C21H16N2O4. The predicted octanol–water partition coefficient (Wildman–Crippen LogP) is 3.73. The van der Waals surface area contributed by atoms with Crippen LogP contribution < -0.4 is 4.74 Å². The predicted molar refractivity (Wildman–Crippen MR) is 101 cm³/mol. The van der Waals surface area contributed by atoms with E-state index in [9.17, 15) is 14.9 Å². The number of ketones is 1. The maximum Gasteiger partial charge on any atom is 0.341 e. The number of allylic oxidation sites excluding steroid dienone is 1. The van der Waals surface area contributed by atoms with E-state index in [1.165, 1.54) is 6.08 Å². The van der Waals surface area contributed by atoms with Crippen LogP contribution in [-0.2, 0) is 4.79 Å². The summed E-state index contributed by atoms with van der Waals surface area (Å²) in [7, 11) is 0. The quantitative estimate of drug-likeness (QED) is 0.396. The van der Waals surface area contributed by atoms with Crippen molar-refractivity contribution < 1.29 is 19.4 Å². The van der Waals surface area contributed by atoms with Gasteiger partial charge in [0.15, 0.2) is 6.61 Å². The van der Waals surface area contributed by atoms with Crippen molar-refractivity contribution in [3.63, 3.8) is 0 Å². The smallest absolute Gasteiger partial charge is 0.341 e. The normalized spacial score (nSPS) is 11.2. The number of hydrogen-bond donors (Lipinski definition) is 2. The Morgan fingerprint density at radius 1 is 1.19 bits per heavy atom. The van der Waals surface area contributed by atoms with E-state index in [2.05, 4.69) is 4.98 Å². The molecule has 0 aliphatic carbocycles. The standard InChI is InChI=1S/C21H16N2O4/c1-13-20(17-4-2-3-5-18(17)23-13)21(26)15(11-22)10-14-6-8-16(9-7-14)27-12-19(24)25/h2-10,23H,12H2,1H3,(H,24,25)/b15-10+. The van der Waals surface area contributed by atoms with Crippen LogP contribution in [0.1, 0.15) is 21.6 Å². The lowest BCUT2D eigenvalue weighted by Crippen LogP contribution is -2.09. The average Bonchev–Trinajstić information content (AvgIpc) is 3.00. The van der Waals surface area contributed by atoms with Gasteiger partial charge in [0.2, 0.25) is 5.78 Å². The first-order valence-electron chi connectivity index (χ1n) is 8.18. The van der Waals surface area contributed by atoms with Crippen molar-refractivity contribution in [2.75, 3.05) is 6.61 Å². The highest BCUT2D eigenvalue weighted by Crippen LogP contribution is 2.25. The van der Waals surface area contributed by atoms with Crippen molar-refractivity contribution in [1.82, 2.24) is 4.98 Å². The highest BCUT2D eigenvalue weighted by atomic mass is 16.5. The third kappa shape index (κ3) is 3.88. The molecule has 2 aromatic carbocycles. The van der Waals surface area contributed by atoms with Crippen LogP contribution in [0.3, 0.4) is 0 Å². The van der Waals surface area contributed by atoms with Gasteiger partial charge in [0.05, 0.1) is 5.56 Å². The Hall–Kier alpha value is -3.85. The number of para-hydroxylation sites is 1. The maximum absolute atomic E-state index is 12.9. The van der Waals surface area contributed by atoms with Crippen LogP contribution in [0, 0.1) is 18.3 Å². The van der Waals surface area contributed by atoms with Crippen molar-refractivity contribution in [2.24, 2.45) is 0 Å². The van der Waals surface area contributed by atoms with E-state index in [1.54, 1.807) is 31.2 Å². The van der Waals surface area contributed by atoms with Gasteiger partial charge in [-0.25, -0.2) is 4.79 Å². The van der Waals surface area contributed by atoms with Gasteiger partial charge >= 0.3 is 5.97 Å². The number of Topliss-reactive ketones (excluding diaryl/α,β-unsaturated/α-hetero) is 1. The molecule has 3 aromatic rings. The molecule has 0 saturated heterocycles. The minimum Gasteiger partial charge on any atom is -0.482 e. The highest BCUT2D eigenvalue weighted by molar-refractivity contribution is 6.20. The Bertz CT molecular complexity index is 1090. The Labute approximate surface area is 155 Å². The first-order chi connectivity index (χ1) is 13.0. The number of aromatic amines is 1. The van der Waals surface area contributed by atoms with Crippen LogP contribution in [-0.4, -0.2) is 28.4 Å². The maximum atomic E-state index is 12.9. The lowest BCUT2D eigenvalue weighted by Gasteiger charge is -2.04. The number of nitrogens with zero attached hydrogens (tertiary/aromatic N) is 1. The van der Waals surface area contributed by atoms with Gasteiger partial charge in [-0.2, -0.15) is 5.26 Å². The van der Waals surface area contributed by atoms with Gasteiger partial charge in [-0.05, 0) is 36.8 Å². The SMILES string of the molecule is Cc1[nH]c2ccccc2c1C(=O)/C(C#N)=C/c1ccc(OCC(=O)O)cc1. The van der Waals surface area contributed by atoms with E-state index >= 15 is 0 Å². The summed E-state index contributed by atoms with van der Waals surface area (Å²) < 4.78 is 5.07. The first kappa shape index (κ1) is 18.0. The molecule has 0 unspecified atom stereocenters. The number of hydrogen-bond acceptors (Lipinski definition) is 4. The molecule has 1 aromatic heterocycles. The first-order valence-corrected chi connectivity index (χ1v) is 8.18. The molecule has 0 spiro atoms. The average molecular weight is 360 g/mol. The van der Waals surface area contributed by atoms with Crippen molar-refractivity contribution in [2.45, 2.75) is 6.92 Å². The molecular weight excluding hydrogens is 344 g/mol. The highest BCUT2D eigenvalue weighted by Gasteiger charge is 2.19. The lowest BCUT2D eigenvalue weighted by atomic mass is 9.99. The second-order valence-electron chi connectivity index (χ2n) is 5.92. The lowest BCUT2D eigenvalue weighted by molar-refractivity contribution is -0.139. The number of carboxylic acids is 1. The molecule has 1 heterocycles. The summed E-state index contributed by atoms with van der Waals surface area (Å²) in [6.07, 6.45) is 1.50. The van der Waals surface area contributed by atoms with Gasteiger partial charge in [0.25, 0.3) is 0 Å². The zero-order valence-corrected chi connectivity index (χ0v) is 14.5. The Kier molecular flexibility index (Phi) is 5.04. The third-order valence-electron chi connectivity index (χ3n) is 4.04. The number of aryl methyl sites for hydroxylation is 1. The fourth-order valence-electron chi connectivity index (χ4n) is 2.82. The fraction of sp³-hybridized carbons (Fsp3) is 0.0952. The van der Waals surface area contributed by atoms with Crippen molar-refractivity contribution >= 4 is 28.7 Å². The van der Waals surface area contributed by atoms with E-state index in [0.717, 1.165) is 10.9 Å². The van der Waals surface area contributed by atoms with Gasteiger partial charge < -0.3 is 14.8 Å². The molecule has 134 valence electrons. The largest absolute Gasteiger partial charge is 0.482 e. The number of aromatic nitrogens is 1. The van der Waals surface area contributed by atoms with Crippen LogP contribution in [0.4, 0.5) is 0 Å². The number of fused-ring (bicyclic) bond motifs is 1. The number of H-pyrrole nitrogens is 1. The monoisotopic (exact) mass is 360 g/mol. The summed E-state index contributed by atoms with van der Waals surface area (Å²) in [5.74, 6) is -1.02. The number of nitrogens with one attached hydrogen (secondary N) is 1. The molecule has 0 aliphatic rings. The minimum atomic E-state index is -1.06. The van der Waals surface area contributed by atoms with Gasteiger partial charge in [0, 0.05) is 16.6 Å². The number of rotatable bonds is 6. The number of carbonyl (C=O) groups excluding carboxylic acids is 1. The van der Waals surface area contributed by atoms with E-state index in [0.29, 0.717) is 22.6 Å². The summed E-state index contributed by atoms with van der Waals surface area (Å²) in [5, 5.41) is 18.9. The summed E-state index contributed by atoms with van der Waals surface area (Å²) in [5.41, 5.74) is 2.69. The number of aliphatic carboxylic acids is 1. The van der Waals surface area contributed by atoms with Gasteiger partial charge in [0.1, 0.15) is 17.4 Å². The summed E-state index contributed by atoms with van der Waals surface area (Å²) >= 11 is 0. The number of carboxylic acid groups (broad SMARTS) is 1. The molecule has 0 aliphatic heterocycles. The molecule has 0 atom stereocenters. The Morgan fingerprint density at radius 2 is 1.89 bits per heavy atom. The van der Waals surface area contributed by atoms with E-state index < -0.39 is 12.6 Å². The fourth-order valence-corrected chi connectivity index (χ4v) is 2.82. The van der Waals surface area contributed by atoms with Crippen LogP contribution in [0.2, 0.25) is 0 Å². The van der Waals surface area contributed by atoms with E-state index in [1.807, 2.05) is 30.3 Å². The van der Waals surface area contributed by atoms with Crippen molar-refractivity contribution in [3.8, 4) is 11.8 Å². The van der Waals surface area contributed by atoms with Crippen LogP contribution in [0.15, 0.2) is 54.1 Å².